The van der Waals surface area contributed by atoms with E-state index in [-0.39, 0.29) is 6.42 Å². The summed E-state index contributed by atoms with van der Waals surface area (Å²) < 4.78 is 0. The summed E-state index contributed by atoms with van der Waals surface area (Å²) >= 11 is 0. The number of rotatable bonds is 3. The Bertz CT molecular complexity index is 390. The Hall–Kier alpha value is -1.63. The van der Waals surface area contributed by atoms with Crippen LogP contribution >= 0.6 is 0 Å². The molecule has 0 aliphatic carbocycles. The molecule has 0 aromatic rings. The number of urea groups is 1. The molecule has 0 aromatic heterocycles. The highest BCUT2D eigenvalue weighted by atomic mass is 16.4. The third kappa shape index (κ3) is 1.84. The zero-order chi connectivity index (χ0) is 13.3. The maximum atomic E-state index is 12.3. The van der Waals surface area contributed by atoms with Crippen molar-refractivity contribution < 1.29 is 19.5 Å². The first-order valence-electron chi connectivity index (χ1n) is 6.11. The Kier molecular flexibility index (Phi) is 3.25. The lowest BCUT2D eigenvalue weighted by Crippen LogP contribution is -2.54. The summed E-state index contributed by atoms with van der Waals surface area (Å²) in [4.78, 5) is 36.2. The molecule has 2 heterocycles. The fraction of sp³-hybridized carbons (Fsp3) is 0.727. The minimum absolute atomic E-state index is 0.211. The lowest BCUT2D eigenvalue weighted by molar-refractivity contribution is -0.148. The highest BCUT2D eigenvalue weighted by Gasteiger charge is 2.54. The van der Waals surface area contributed by atoms with E-state index >= 15 is 0 Å². The molecule has 1 spiro atoms. The molecule has 100 valence electrons. The second-order valence-electron chi connectivity index (χ2n) is 4.70. The molecule has 2 aliphatic rings. The third-order valence-electron chi connectivity index (χ3n) is 3.63. The van der Waals surface area contributed by atoms with Crippen molar-refractivity contribution in [2.45, 2.75) is 37.8 Å². The minimum atomic E-state index is -1.15. The number of carboxylic acids is 1. The Morgan fingerprint density at radius 3 is 2.56 bits per heavy atom. The molecular formula is C11H17N3O4. The molecule has 2 fully saturated rings. The van der Waals surface area contributed by atoms with Crippen LogP contribution in [-0.4, -0.2) is 52.6 Å². The van der Waals surface area contributed by atoms with E-state index in [2.05, 4.69) is 10.6 Å². The Labute approximate surface area is 105 Å². The molecule has 3 N–H and O–H groups in total. The van der Waals surface area contributed by atoms with Crippen LogP contribution in [0.2, 0.25) is 0 Å². The number of nitrogens with zero attached hydrogens (tertiary/aromatic N) is 1. The van der Waals surface area contributed by atoms with Crippen LogP contribution in [-0.2, 0) is 9.59 Å². The molecule has 1 unspecified atom stereocenters. The van der Waals surface area contributed by atoms with Crippen LogP contribution < -0.4 is 10.6 Å². The summed E-state index contributed by atoms with van der Waals surface area (Å²) in [6, 6.07) is -1.66. The molecular weight excluding hydrogens is 238 g/mol. The quantitative estimate of drug-likeness (QED) is 0.592. The molecule has 18 heavy (non-hydrogen) atoms. The number of imide groups is 1. The first kappa shape index (κ1) is 12.8. The summed E-state index contributed by atoms with van der Waals surface area (Å²) in [6.07, 6.45) is 1.22. The van der Waals surface area contributed by atoms with Gasteiger partial charge in [-0.2, -0.15) is 0 Å². The molecule has 0 saturated carbocycles. The summed E-state index contributed by atoms with van der Waals surface area (Å²) in [5, 5.41) is 14.9. The number of carbonyl (C=O) groups is 3. The number of aliphatic carboxylic acids is 1. The van der Waals surface area contributed by atoms with Crippen molar-refractivity contribution >= 4 is 17.9 Å². The first-order valence-corrected chi connectivity index (χ1v) is 6.11. The second-order valence-corrected chi connectivity index (χ2v) is 4.70. The van der Waals surface area contributed by atoms with Gasteiger partial charge in [0.05, 0.1) is 0 Å². The van der Waals surface area contributed by atoms with E-state index in [4.69, 9.17) is 5.11 Å². The second kappa shape index (κ2) is 4.56. The average molecular weight is 255 g/mol. The Morgan fingerprint density at radius 2 is 2.06 bits per heavy atom. The Balaban J connectivity index is 2.26. The molecule has 0 bridgehead atoms. The van der Waals surface area contributed by atoms with Gasteiger partial charge in [-0.1, -0.05) is 6.92 Å². The molecule has 1 atom stereocenters. The molecule has 2 aliphatic heterocycles. The molecule has 0 aromatic carbocycles. The zero-order valence-electron chi connectivity index (χ0n) is 10.2. The van der Waals surface area contributed by atoms with Crippen LogP contribution in [0.15, 0.2) is 0 Å². The van der Waals surface area contributed by atoms with Crippen LogP contribution in [0.5, 0.6) is 0 Å². The van der Waals surface area contributed by atoms with Gasteiger partial charge in [0, 0.05) is 0 Å². The van der Waals surface area contributed by atoms with Crippen molar-refractivity contribution in [2.75, 3.05) is 13.1 Å². The summed E-state index contributed by atoms with van der Waals surface area (Å²) in [5.74, 6) is -1.55. The Morgan fingerprint density at radius 1 is 1.44 bits per heavy atom. The van der Waals surface area contributed by atoms with Crippen molar-refractivity contribution in [2.24, 2.45) is 0 Å². The lowest BCUT2D eigenvalue weighted by Gasteiger charge is -2.31. The van der Waals surface area contributed by atoms with E-state index in [0.717, 1.165) is 4.90 Å². The predicted octanol–water partition coefficient (Wildman–Crippen LogP) is -0.476. The van der Waals surface area contributed by atoms with Gasteiger partial charge in [0.25, 0.3) is 5.91 Å². The van der Waals surface area contributed by atoms with Gasteiger partial charge >= 0.3 is 12.0 Å². The largest absolute Gasteiger partial charge is 0.480 e. The van der Waals surface area contributed by atoms with Gasteiger partial charge in [-0.05, 0) is 32.4 Å². The number of carbonyl (C=O) groups excluding carboxylic acids is 2. The van der Waals surface area contributed by atoms with Gasteiger partial charge in [0.2, 0.25) is 0 Å². The highest BCUT2D eigenvalue weighted by molar-refractivity contribution is 6.09. The van der Waals surface area contributed by atoms with Crippen molar-refractivity contribution in [3.05, 3.63) is 0 Å². The average Bonchev–Trinajstić information content (AvgIpc) is 2.55. The topological polar surface area (TPSA) is 98.7 Å². The SMILES string of the molecule is CCC(C(=O)O)N1C(=O)NC2(CCNCC2)C1=O. The highest BCUT2D eigenvalue weighted by Crippen LogP contribution is 2.28. The van der Waals surface area contributed by atoms with E-state index in [9.17, 15) is 14.4 Å². The molecule has 0 radical (unpaired) electrons. The van der Waals surface area contributed by atoms with Crippen LogP contribution in [0.1, 0.15) is 26.2 Å². The lowest BCUT2D eigenvalue weighted by atomic mass is 9.88. The normalized spacial score (nSPS) is 24.2. The smallest absolute Gasteiger partial charge is 0.326 e. The van der Waals surface area contributed by atoms with Crippen molar-refractivity contribution in [1.29, 1.82) is 0 Å². The van der Waals surface area contributed by atoms with Gasteiger partial charge in [-0.3, -0.25) is 4.79 Å². The first-order chi connectivity index (χ1) is 8.52. The van der Waals surface area contributed by atoms with Gasteiger partial charge < -0.3 is 15.7 Å². The fourth-order valence-electron chi connectivity index (χ4n) is 2.58. The number of piperidine rings is 1. The number of hydrogen-bond donors (Lipinski definition) is 3. The monoisotopic (exact) mass is 255 g/mol. The van der Waals surface area contributed by atoms with Crippen molar-refractivity contribution in [1.82, 2.24) is 15.5 Å². The molecule has 3 amide bonds. The van der Waals surface area contributed by atoms with Gasteiger partial charge in [-0.15, -0.1) is 0 Å². The van der Waals surface area contributed by atoms with Crippen LogP contribution in [0.25, 0.3) is 0 Å². The van der Waals surface area contributed by atoms with E-state index < -0.39 is 29.5 Å². The molecule has 2 rings (SSSR count). The van der Waals surface area contributed by atoms with E-state index in [1.54, 1.807) is 6.92 Å². The number of amides is 3. The van der Waals surface area contributed by atoms with Gasteiger partial charge in [0.15, 0.2) is 0 Å². The minimum Gasteiger partial charge on any atom is -0.480 e. The maximum absolute atomic E-state index is 12.3. The fourth-order valence-corrected chi connectivity index (χ4v) is 2.58. The number of hydrogen-bond acceptors (Lipinski definition) is 4. The van der Waals surface area contributed by atoms with E-state index in [0.29, 0.717) is 25.9 Å². The van der Waals surface area contributed by atoms with Gasteiger partial charge in [0.1, 0.15) is 11.6 Å². The van der Waals surface area contributed by atoms with Crippen LogP contribution in [0.4, 0.5) is 4.79 Å². The van der Waals surface area contributed by atoms with E-state index in [1.807, 2.05) is 0 Å². The standard InChI is InChI=1S/C11H17N3O4/c1-2-7(8(15)16)14-9(17)11(13-10(14)18)3-5-12-6-4-11/h7,12H,2-6H2,1H3,(H,13,18)(H,15,16). The molecule has 7 heteroatoms. The van der Waals surface area contributed by atoms with Gasteiger partial charge in [-0.25, -0.2) is 14.5 Å². The summed E-state index contributed by atoms with van der Waals surface area (Å²) in [5.41, 5.74) is -0.898. The van der Waals surface area contributed by atoms with Crippen LogP contribution in [0, 0.1) is 0 Å². The summed E-state index contributed by atoms with van der Waals surface area (Å²) in [6.45, 7) is 2.93. The van der Waals surface area contributed by atoms with E-state index in [1.165, 1.54) is 0 Å². The molecule has 2 saturated heterocycles. The summed E-state index contributed by atoms with van der Waals surface area (Å²) in [7, 11) is 0. The third-order valence-corrected chi connectivity index (χ3v) is 3.63. The number of carboxylic acid groups (broad SMARTS) is 1. The van der Waals surface area contributed by atoms with Crippen molar-refractivity contribution in [3.8, 4) is 0 Å². The predicted molar refractivity (Wildman–Crippen MR) is 61.9 cm³/mol. The number of nitrogens with one attached hydrogen (secondary N) is 2. The van der Waals surface area contributed by atoms with Crippen molar-refractivity contribution in [3.63, 3.8) is 0 Å². The zero-order valence-corrected chi connectivity index (χ0v) is 10.2. The maximum Gasteiger partial charge on any atom is 0.326 e. The molecule has 7 nitrogen and oxygen atoms in total. The van der Waals surface area contributed by atoms with Crippen LogP contribution in [0.3, 0.4) is 0 Å².